The lowest BCUT2D eigenvalue weighted by Gasteiger charge is -2.36. The molecule has 1 heterocycles. The molecule has 2 aromatic carbocycles. The minimum Gasteiger partial charge on any atom is -0.367 e. The topological polar surface area (TPSA) is 64.7 Å². The monoisotopic (exact) mass is 542 g/mol. The average Bonchev–Trinajstić information content (AvgIpc) is 2.68. The van der Waals surface area contributed by atoms with Gasteiger partial charge in [0, 0.05) is 42.4 Å². The van der Waals surface area contributed by atoms with E-state index < -0.39 is 0 Å². The van der Waals surface area contributed by atoms with Crippen molar-refractivity contribution in [1.82, 2.24) is 10.2 Å². The SMILES string of the molecule is CC(=O)N1CCN(c2ccc(NC(=S)NC(=O)c3ccccc3I)cc2Cl)CC1. The van der Waals surface area contributed by atoms with Crippen LogP contribution in [-0.2, 0) is 4.79 Å². The summed E-state index contributed by atoms with van der Waals surface area (Å²) in [6, 6.07) is 12.8. The third-order valence-electron chi connectivity index (χ3n) is 4.62. The fraction of sp³-hybridized carbons (Fsp3) is 0.250. The molecule has 2 aromatic rings. The number of thiocarbonyl (C=S) groups is 1. The number of piperazine rings is 1. The van der Waals surface area contributed by atoms with E-state index in [1.54, 1.807) is 19.1 Å². The molecule has 1 fully saturated rings. The molecule has 2 amide bonds. The summed E-state index contributed by atoms with van der Waals surface area (Å²) in [5.41, 5.74) is 2.17. The predicted molar refractivity (Wildman–Crippen MR) is 129 cm³/mol. The van der Waals surface area contributed by atoms with Crippen molar-refractivity contribution in [2.24, 2.45) is 0 Å². The Labute approximate surface area is 193 Å². The smallest absolute Gasteiger partial charge is 0.258 e. The second-order valence-corrected chi connectivity index (χ2v) is 8.53. The van der Waals surface area contributed by atoms with Crippen LogP contribution in [0.25, 0.3) is 0 Å². The molecule has 0 aromatic heterocycles. The molecule has 0 radical (unpaired) electrons. The number of nitrogens with zero attached hydrogens (tertiary/aromatic N) is 2. The molecule has 3 rings (SSSR count). The van der Waals surface area contributed by atoms with Crippen LogP contribution in [0.2, 0.25) is 5.02 Å². The molecule has 2 N–H and O–H groups in total. The van der Waals surface area contributed by atoms with E-state index in [9.17, 15) is 9.59 Å². The zero-order chi connectivity index (χ0) is 21.0. The number of hydrogen-bond acceptors (Lipinski definition) is 4. The van der Waals surface area contributed by atoms with Crippen LogP contribution in [0.1, 0.15) is 17.3 Å². The number of amides is 2. The maximum absolute atomic E-state index is 12.4. The van der Waals surface area contributed by atoms with Gasteiger partial charge in [-0.2, -0.15) is 0 Å². The van der Waals surface area contributed by atoms with Crippen LogP contribution in [0.5, 0.6) is 0 Å². The second kappa shape index (κ2) is 9.73. The maximum atomic E-state index is 12.4. The van der Waals surface area contributed by atoms with Crippen molar-refractivity contribution in [2.45, 2.75) is 6.92 Å². The number of benzene rings is 2. The molecule has 1 saturated heterocycles. The third kappa shape index (κ3) is 5.58. The minimum atomic E-state index is -0.265. The van der Waals surface area contributed by atoms with Gasteiger partial charge in [0.05, 0.1) is 16.3 Å². The van der Waals surface area contributed by atoms with E-state index >= 15 is 0 Å². The normalized spacial score (nSPS) is 13.8. The molecular weight excluding hydrogens is 523 g/mol. The quantitative estimate of drug-likeness (QED) is 0.457. The Hall–Kier alpha value is -1.91. The number of nitrogens with one attached hydrogen (secondary N) is 2. The van der Waals surface area contributed by atoms with E-state index in [1.165, 1.54) is 0 Å². The molecule has 152 valence electrons. The summed E-state index contributed by atoms with van der Waals surface area (Å²) in [6.07, 6.45) is 0. The molecule has 9 heteroatoms. The zero-order valence-corrected chi connectivity index (χ0v) is 19.5. The lowest BCUT2D eigenvalue weighted by molar-refractivity contribution is -0.129. The first kappa shape index (κ1) is 21.8. The summed E-state index contributed by atoms with van der Waals surface area (Å²) in [7, 11) is 0. The summed E-state index contributed by atoms with van der Waals surface area (Å²) in [6.45, 7) is 4.41. The Morgan fingerprint density at radius 1 is 1.10 bits per heavy atom. The first-order chi connectivity index (χ1) is 13.8. The molecule has 1 aliphatic rings. The number of carbonyl (C=O) groups excluding carboxylic acids is 2. The lowest BCUT2D eigenvalue weighted by atomic mass is 10.2. The van der Waals surface area contributed by atoms with E-state index in [-0.39, 0.29) is 16.9 Å². The molecule has 0 bridgehead atoms. The van der Waals surface area contributed by atoms with Gasteiger partial charge in [-0.1, -0.05) is 23.7 Å². The van der Waals surface area contributed by atoms with Crippen molar-refractivity contribution in [3.8, 4) is 0 Å². The molecule has 0 atom stereocenters. The molecule has 0 saturated carbocycles. The number of carbonyl (C=O) groups is 2. The Morgan fingerprint density at radius 3 is 2.41 bits per heavy atom. The van der Waals surface area contributed by atoms with Gasteiger partial charge in [0.15, 0.2) is 5.11 Å². The largest absolute Gasteiger partial charge is 0.367 e. The van der Waals surface area contributed by atoms with Crippen LogP contribution in [-0.4, -0.2) is 48.0 Å². The first-order valence-electron chi connectivity index (χ1n) is 9.02. The highest BCUT2D eigenvalue weighted by molar-refractivity contribution is 14.1. The van der Waals surface area contributed by atoms with Gasteiger partial charge < -0.3 is 15.1 Å². The number of halogens is 2. The second-order valence-electron chi connectivity index (χ2n) is 6.55. The van der Waals surface area contributed by atoms with Gasteiger partial charge in [0.2, 0.25) is 5.91 Å². The maximum Gasteiger partial charge on any atom is 0.258 e. The van der Waals surface area contributed by atoms with Crippen molar-refractivity contribution in [3.63, 3.8) is 0 Å². The van der Waals surface area contributed by atoms with Crippen molar-refractivity contribution in [1.29, 1.82) is 0 Å². The lowest BCUT2D eigenvalue weighted by Crippen LogP contribution is -2.48. The first-order valence-corrected chi connectivity index (χ1v) is 10.9. The molecule has 0 aliphatic carbocycles. The molecule has 1 aliphatic heterocycles. The van der Waals surface area contributed by atoms with Crippen LogP contribution in [0.4, 0.5) is 11.4 Å². The fourth-order valence-corrected chi connectivity index (χ4v) is 4.22. The van der Waals surface area contributed by atoms with Gasteiger partial charge in [-0.3, -0.25) is 14.9 Å². The third-order valence-corrected chi connectivity index (χ3v) is 6.06. The van der Waals surface area contributed by atoms with Gasteiger partial charge in [0.25, 0.3) is 5.91 Å². The summed E-state index contributed by atoms with van der Waals surface area (Å²) in [5, 5.41) is 6.46. The Balaban J connectivity index is 1.60. The summed E-state index contributed by atoms with van der Waals surface area (Å²) >= 11 is 13.8. The minimum absolute atomic E-state index is 0.0936. The highest BCUT2D eigenvalue weighted by Gasteiger charge is 2.20. The van der Waals surface area contributed by atoms with Gasteiger partial charge in [-0.05, 0) is 65.1 Å². The molecular formula is C20H20ClIN4O2S. The van der Waals surface area contributed by atoms with Crippen LogP contribution >= 0.6 is 46.4 Å². The molecule has 6 nitrogen and oxygen atoms in total. The van der Waals surface area contributed by atoms with Crippen molar-refractivity contribution >= 4 is 74.7 Å². The van der Waals surface area contributed by atoms with E-state index in [1.807, 2.05) is 35.2 Å². The van der Waals surface area contributed by atoms with E-state index in [0.29, 0.717) is 29.4 Å². The number of hydrogen-bond donors (Lipinski definition) is 2. The van der Waals surface area contributed by atoms with E-state index in [2.05, 4.69) is 38.1 Å². The van der Waals surface area contributed by atoms with Gasteiger partial charge >= 0.3 is 0 Å². The van der Waals surface area contributed by atoms with Crippen molar-refractivity contribution in [2.75, 3.05) is 36.4 Å². The van der Waals surface area contributed by atoms with Crippen LogP contribution in [0, 0.1) is 3.57 Å². The average molecular weight is 543 g/mol. The standard InChI is InChI=1S/C20H20ClIN4O2S/c1-13(27)25-8-10-26(11-9-25)18-7-6-14(12-16(18)21)23-20(29)24-19(28)15-4-2-3-5-17(15)22/h2-7,12H,8-11H2,1H3,(H2,23,24,28,29). The van der Waals surface area contributed by atoms with Gasteiger partial charge in [-0.15, -0.1) is 0 Å². The highest BCUT2D eigenvalue weighted by Crippen LogP contribution is 2.29. The van der Waals surface area contributed by atoms with E-state index in [0.717, 1.165) is 22.3 Å². The van der Waals surface area contributed by atoms with Crippen LogP contribution in [0.15, 0.2) is 42.5 Å². The van der Waals surface area contributed by atoms with Crippen molar-refractivity contribution in [3.05, 3.63) is 56.6 Å². The van der Waals surface area contributed by atoms with Crippen LogP contribution < -0.4 is 15.5 Å². The summed E-state index contributed by atoms with van der Waals surface area (Å²) < 4.78 is 0.850. The Kier molecular flexibility index (Phi) is 7.31. The fourth-order valence-electron chi connectivity index (χ4n) is 3.08. The van der Waals surface area contributed by atoms with E-state index in [4.69, 9.17) is 23.8 Å². The summed E-state index contributed by atoms with van der Waals surface area (Å²) in [4.78, 5) is 27.8. The number of rotatable bonds is 3. The molecule has 0 unspecified atom stereocenters. The molecule has 0 spiro atoms. The highest BCUT2D eigenvalue weighted by atomic mass is 127. The van der Waals surface area contributed by atoms with Crippen LogP contribution in [0.3, 0.4) is 0 Å². The summed E-state index contributed by atoms with van der Waals surface area (Å²) in [5.74, 6) is -0.172. The Bertz CT molecular complexity index is 948. The van der Waals surface area contributed by atoms with Gasteiger partial charge in [-0.25, -0.2) is 0 Å². The predicted octanol–water partition coefficient (Wildman–Crippen LogP) is 3.74. The Morgan fingerprint density at radius 2 is 1.79 bits per heavy atom. The van der Waals surface area contributed by atoms with Gasteiger partial charge in [0.1, 0.15) is 0 Å². The number of anilines is 2. The molecule has 29 heavy (non-hydrogen) atoms. The zero-order valence-electron chi connectivity index (χ0n) is 15.7. The van der Waals surface area contributed by atoms with Crippen molar-refractivity contribution < 1.29 is 9.59 Å².